The Balaban J connectivity index is 1.94. The van der Waals surface area contributed by atoms with Gasteiger partial charge >= 0.3 is 11.9 Å². The molecule has 25 heavy (non-hydrogen) atoms. The molecule has 1 aromatic carbocycles. The number of ether oxygens (including phenoxy) is 2. The number of carboxylic acid groups (broad SMARTS) is 2. The Hall–Kier alpha value is -2.74. The minimum absolute atomic E-state index is 0.240. The Morgan fingerprint density at radius 2 is 2.00 bits per heavy atom. The van der Waals surface area contributed by atoms with E-state index in [0.717, 1.165) is 17.7 Å². The van der Waals surface area contributed by atoms with Crippen molar-refractivity contribution in [3.8, 4) is 11.5 Å². The van der Waals surface area contributed by atoms with Crippen molar-refractivity contribution in [1.29, 1.82) is 0 Å². The molecule has 0 bridgehead atoms. The third-order valence-corrected chi connectivity index (χ3v) is 4.56. The van der Waals surface area contributed by atoms with Crippen molar-refractivity contribution in [2.75, 3.05) is 24.7 Å². The van der Waals surface area contributed by atoms with Gasteiger partial charge in [0, 0.05) is 18.5 Å². The molecule has 1 unspecified atom stereocenters. The molecule has 2 aliphatic rings. The van der Waals surface area contributed by atoms with Gasteiger partial charge in [0.05, 0.1) is 17.4 Å². The van der Waals surface area contributed by atoms with Crippen LogP contribution in [0.1, 0.15) is 12.5 Å². The van der Waals surface area contributed by atoms with Gasteiger partial charge < -0.3 is 30.3 Å². The molecular weight excluding hydrogens is 328 g/mol. The van der Waals surface area contributed by atoms with Crippen molar-refractivity contribution in [3.05, 3.63) is 29.3 Å². The van der Waals surface area contributed by atoms with Crippen molar-refractivity contribution in [1.82, 2.24) is 0 Å². The van der Waals surface area contributed by atoms with Crippen LogP contribution in [0.25, 0.3) is 0 Å². The Morgan fingerprint density at radius 3 is 2.68 bits per heavy atom. The molecule has 0 aromatic heterocycles. The number of carboxylic acids is 2. The van der Waals surface area contributed by atoms with Gasteiger partial charge in [-0.2, -0.15) is 0 Å². The predicted molar refractivity (Wildman–Crippen MR) is 89.0 cm³/mol. The summed E-state index contributed by atoms with van der Waals surface area (Å²) in [4.78, 5) is 24.2. The molecule has 0 aliphatic carbocycles. The molecular formula is C17H20N2O6. The second-order valence-corrected chi connectivity index (χ2v) is 6.06. The zero-order chi connectivity index (χ0) is 18.1. The van der Waals surface area contributed by atoms with Gasteiger partial charge in [0.15, 0.2) is 11.5 Å². The van der Waals surface area contributed by atoms with Crippen molar-refractivity contribution in [3.63, 3.8) is 0 Å². The molecule has 8 nitrogen and oxygen atoms in total. The molecule has 4 N–H and O–H groups in total. The topological polar surface area (TPSA) is 122 Å². The molecule has 0 radical (unpaired) electrons. The van der Waals surface area contributed by atoms with Gasteiger partial charge in [0.25, 0.3) is 0 Å². The predicted octanol–water partition coefficient (Wildman–Crippen LogP) is 0.837. The Morgan fingerprint density at radius 1 is 1.28 bits per heavy atom. The van der Waals surface area contributed by atoms with E-state index in [0.29, 0.717) is 37.3 Å². The first kappa shape index (κ1) is 17.1. The average Bonchev–Trinajstić information content (AvgIpc) is 3.02. The number of nitrogens with two attached hydrogens (primary N) is 1. The average molecular weight is 348 g/mol. The number of carbonyl (C=O) groups is 2. The lowest BCUT2D eigenvalue weighted by Gasteiger charge is -2.34. The number of anilines is 1. The molecule has 0 spiro atoms. The highest BCUT2D eigenvalue weighted by atomic mass is 16.6. The fourth-order valence-electron chi connectivity index (χ4n) is 3.28. The Bertz CT molecular complexity index is 745. The molecule has 0 fully saturated rings. The summed E-state index contributed by atoms with van der Waals surface area (Å²) in [5.41, 5.74) is 7.93. The maximum atomic E-state index is 11.4. The maximum Gasteiger partial charge on any atom is 0.332 e. The molecule has 0 saturated heterocycles. The van der Waals surface area contributed by atoms with E-state index in [2.05, 4.69) is 0 Å². The molecule has 0 amide bonds. The van der Waals surface area contributed by atoms with Crippen LogP contribution in [0, 0.1) is 5.92 Å². The van der Waals surface area contributed by atoms with Crippen molar-refractivity contribution in [2.45, 2.75) is 19.5 Å². The van der Waals surface area contributed by atoms with Crippen LogP contribution in [0.5, 0.6) is 11.5 Å². The summed E-state index contributed by atoms with van der Waals surface area (Å²) < 4.78 is 11.4. The molecule has 8 heteroatoms. The van der Waals surface area contributed by atoms with E-state index < -0.39 is 24.0 Å². The lowest BCUT2D eigenvalue weighted by molar-refractivity contribution is -0.135. The van der Waals surface area contributed by atoms with E-state index in [-0.39, 0.29) is 5.57 Å². The minimum Gasteiger partial charge on any atom is -0.486 e. The molecule has 2 aliphatic heterocycles. The largest absolute Gasteiger partial charge is 0.486 e. The van der Waals surface area contributed by atoms with E-state index >= 15 is 0 Å². The fraction of sp³-hybridized carbons (Fsp3) is 0.412. The van der Waals surface area contributed by atoms with Crippen LogP contribution in [-0.4, -0.2) is 48.1 Å². The third-order valence-electron chi connectivity index (χ3n) is 4.56. The maximum absolute atomic E-state index is 11.4. The highest BCUT2D eigenvalue weighted by molar-refractivity contribution is 5.95. The molecule has 3 rings (SSSR count). The normalized spacial score (nSPS) is 18.5. The van der Waals surface area contributed by atoms with Crippen molar-refractivity contribution >= 4 is 17.6 Å². The molecule has 2 heterocycles. The quantitative estimate of drug-likeness (QED) is 0.669. The second-order valence-electron chi connectivity index (χ2n) is 6.06. The Kier molecular flexibility index (Phi) is 4.54. The molecule has 134 valence electrons. The summed E-state index contributed by atoms with van der Waals surface area (Å²) in [7, 11) is 0. The lowest BCUT2D eigenvalue weighted by Crippen LogP contribution is -2.47. The number of benzene rings is 1. The third kappa shape index (κ3) is 3.12. The first-order valence-electron chi connectivity index (χ1n) is 8.01. The molecule has 1 aromatic rings. The van der Waals surface area contributed by atoms with E-state index in [1.165, 1.54) is 0 Å². The summed E-state index contributed by atoms with van der Waals surface area (Å²) in [5, 5.41) is 18.2. The smallest absolute Gasteiger partial charge is 0.332 e. The number of hydrogen-bond donors (Lipinski definition) is 3. The van der Waals surface area contributed by atoms with Gasteiger partial charge in [0.1, 0.15) is 13.2 Å². The lowest BCUT2D eigenvalue weighted by atomic mass is 9.96. The zero-order valence-corrected chi connectivity index (χ0v) is 13.8. The van der Waals surface area contributed by atoms with E-state index in [9.17, 15) is 14.7 Å². The number of nitrogens with zero attached hydrogens (tertiary/aromatic N) is 1. The summed E-state index contributed by atoms with van der Waals surface area (Å²) in [6.45, 7) is 3.11. The van der Waals surface area contributed by atoms with Gasteiger partial charge in [-0.3, -0.25) is 0 Å². The van der Waals surface area contributed by atoms with Crippen LogP contribution in [0.15, 0.2) is 23.8 Å². The van der Waals surface area contributed by atoms with Gasteiger partial charge in [0.2, 0.25) is 0 Å². The molecule has 2 atom stereocenters. The zero-order valence-electron chi connectivity index (χ0n) is 13.8. The van der Waals surface area contributed by atoms with Gasteiger partial charge in [-0.15, -0.1) is 0 Å². The summed E-state index contributed by atoms with van der Waals surface area (Å²) in [6.07, 6.45) is 0.737. The summed E-state index contributed by atoms with van der Waals surface area (Å²) in [6, 6.07) is 3.81. The van der Waals surface area contributed by atoms with Gasteiger partial charge in [-0.25, -0.2) is 9.59 Å². The summed E-state index contributed by atoms with van der Waals surface area (Å²) >= 11 is 0. The van der Waals surface area contributed by atoms with Crippen LogP contribution < -0.4 is 20.1 Å². The number of fused-ring (bicyclic) bond motifs is 3. The van der Waals surface area contributed by atoms with E-state index in [1.54, 1.807) is 6.92 Å². The van der Waals surface area contributed by atoms with Crippen LogP contribution in [0.2, 0.25) is 0 Å². The first-order valence-corrected chi connectivity index (χ1v) is 8.01. The van der Waals surface area contributed by atoms with E-state index in [4.69, 9.17) is 20.3 Å². The highest BCUT2D eigenvalue weighted by Gasteiger charge is 2.35. The van der Waals surface area contributed by atoms with Crippen molar-refractivity contribution < 1.29 is 29.3 Å². The minimum atomic E-state index is -1.31. The van der Waals surface area contributed by atoms with Crippen LogP contribution in [0.4, 0.5) is 5.69 Å². The monoisotopic (exact) mass is 348 g/mol. The van der Waals surface area contributed by atoms with Crippen LogP contribution in [-0.2, 0) is 16.0 Å². The van der Waals surface area contributed by atoms with Crippen LogP contribution >= 0.6 is 0 Å². The van der Waals surface area contributed by atoms with E-state index in [1.807, 2.05) is 17.0 Å². The highest BCUT2D eigenvalue weighted by Crippen LogP contribution is 2.46. The second kappa shape index (κ2) is 6.64. The first-order chi connectivity index (χ1) is 11.9. The van der Waals surface area contributed by atoms with Crippen molar-refractivity contribution in [2.24, 2.45) is 11.7 Å². The Labute approximate surface area is 144 Å². The SMILES string of the molecule is CC(C(=CC(=O)O)C(=O)O)[C@@H](N)N1CCc2ccc3c(c21)OCCO3. The number of rotatable bonds is 5. The standard InChI is InChI=1S/C17H20N2O6/c1-9(11(17(22)23)8-13(20)21)16(18)19-5-4-10-2-3-12-15(14(10)19)25-7-6-24-12/h2-3,8-9,16H,4-7,18H2,1H3,(H,20,21)(H,22,23)/t9?,16-/m0/s1. The fourth-order valence-corrected chi connectivity index (χ4v) is 3.28. The summed E-state index contributed by atoms with van der Waals surface area (Å²) in [5.74, 6) is -2.05. The van der Waals surface area contributed by atoms with Gasteiger partial charge in [-0.1, -0.05) is 13.0 Å². The molecule has 0 saturated carbocycles. The van der Waals surface area contributed by atoms with Crippen LogP contribution in [0.3, 0.4) is 0 Å². The number of hydrogen-bond acceptors (Lipinski definition) is 6. The van der Waals surface area contributed by atoms with Gasteiger partial charge in [-0.05, 0) is 18.1 Å². The number of aliphatic carboxylic acids is 2.